The number of fused-ring (bicyclic) bond motifs is 1. The summed E-state index contributed by atoms with van der Waals surface area (Å²) in [5.74, 6) is 0. The molecule has 0 saturated carbocycles. The van der Waals surface area contributed by atoms with Crippen molar-refractivity contribution in [1.29, 1.82) is 0 Å². The predicted molar refractivity (Wildman–Crippen MR) is 78.9 cm³/mol. The highest BCUT2D eigenvalue weighted by Crippen LogP contribution is 2.26. The minimum absolute atomic E-state index is 0.645. The predicted octanol–water partition coefficient (Wildman–Crippen LogP) is 3.50. The van der Waals surface area contributed by atoms with E-state index in [-0.39, 0.29) is 0 Å². The lowest BCUT2D eigenvalue weighted by atomic mass is 9.98. The lowest BCUT2D eigenvalue weighted by Gasteiger charge is -2.13. The summed E-state index contributed by atoms with van der Waals surface area (Å²) in [6.45, 7) is 0. The van der Waals surface area contributed by atoms with Gasteiger partial charge in [0.1, 0.15) is 6.10 Å². The number of nitrogen functional groups attached to an aromatic ring is 1. The maximum absolute atomic E-state index is 10.4. The Labute approximate surface area is 112 Å². The molecule has 3 N–H and O–H groups in total. The number of nitrogens with two attached hydrogens (primary N) is 1. The lowest BCUT2D eigenvalue weighted by molar-refractivity contribution is 0.220. The molecule has 0 saturated heterocycles. The molecule has 1 unspecified atom stereocenters. The van der Waals surface area contributed by atoms with Crippen LogP contribution < -0.4 is 5.73 Å². The van der Waals surface area contributed by atoms with Crippen LogP contribution in [0.3, 0.4) is 0 Å². The zero-order valence-electron chi connectivity index (χ0n) is 10.5. The molecule has 19 heavy (non-hydrogen) atoms. The zero-order chi connectivity index (χ0) is 13.2. The van der Waals surface area contributed by atoms with E-state index < -0.39 is 6.10 Å². The monoisotopic (exact) mass is 249 g/mol. The smallest absolute Gasteiger partial charge is 0.104 e. The van der Waals surface area contributed by atoms with Crippen LogP contribution in [0.25, 0.3) is 10.8 Å². The van der Waals surface area contributed by atoms with Crippen LogP contribution >= 0.6 is 0 Å². The minimum atomic E-state index is -0.645. The first-order valence-electron chi connectivity index (χ1n) is 6.26. The Hall–Kier alpha value is -2.32. The normalized spacial score (nSPS) is 12.5. The number of hydrogen-bond donors (Lipinski definition) is 2. The Kier molecular flexibility index (Phi) is 2.94. The second kappa shape index (κ2) is 4.75. The molecule has 3 rings (SSSR count). The van der Waals surface area contributed by atoms with Crippen molar-refractivity contribution >= 4 is 16.5 Å². The van der Waals surface area contributed by atoms with E-state index in [0.29, 0.717) is 5.69 Å². The summed E-state index contributed by atoms with van der Waals surface area (Å²) in [5, 5.41) is 12.7. The Morgan fingerprint density at radius 1 is 0.737 bits per heavy atom. The van der Waals surface area contributed by atoms with E-state index in [1.54, 1.807) is 6.07 Å². The molecule has 3 aromatic carbocycles. The first-order valence-corrected chi connectivity index (χ1v) is 6.26. The molecule has 0 amide bonds. The third kappa shape index (κ3) is 2.30. The standard InChI is InChI=1S/C17H15NO/c18-16-7-3-6-14(11-16)17(19)15-9-8-12-4-1-2-5-13(12)10-15/h1-11,17,19H,18H2. The van der Waals surface area contributed by atoms with Gasteiger partial charge < -0.3 is 10.8 Å². The van der Waals surface area contributed by atoms with Gasteiger partial charge in [-0.3, -0.25) is 0 Å². The SMILES string of the molecule is Nc1cccc(C(O)c2ccc3ccccc3c2)c1. The maximum atomic E-state index is 10.4. The highest BCUT2D eigenvalue weighted by atomic mass is 16.3. The highest BCUT2D eigenvalue weighted by molar-refractivity contribution is 5.83. The van der Waals surface area contributed by atoms with Gasteiger partial charge in [-0.05, 0) is 40.1 Å². The third-order valence-electron chi connectivity index (χ3n) is 3.32. The van der Waals surface area contributed by atoms with Crippen molar-refractivity contribution in [2.75, 3.05) is 5.73 Å². The first kappa shape index (κ1) is 11.8. The van der Waals surface area contributed by atoms with E-state index >= 15 is 0 Å². The third-order valence-corrected chi connectivity index (χ3v) is 3.32. The fourth-order valence-electron chi connectivity index (χ4n) is 2.30. The van der Waals surface area contributed by atoms with Crippen molar-refractivity contribution in [1.82, 2.24) is 0 Å². The van der Waals surface area contributed by atoms with E-state index in [1.807, 2.05) is 54.6 Å². The quantitative estimate of drug-likeness (QED) is 0.683. The molecule has 0 radical (unpaired) electrons. The molecule has 94 valence electrons. The Balaban J connectivity index is 2.04. The summed E-state index contributed by atoms with van der Waals surface area (Å²) in [5.41, 5.74) is 8.11. The molecule has 0 heterocycles. The first-order chi connectivity index (χ1) is 9.24. The van der Waals surface area contributed by atoms with E-state index in [9.17, 15) is 5.11 Å². The topological polar surface area (TPSA) is 46.2 Å². The fourth-order valence-corrected chi connectivity index (χ4v) is 2.30. The van der Waals surface area contributed by atoms with E-state index in [0.717, 1.165) is 16.5 Å². The molecule has 1 atom stereocenters. The van der Waals surface area contributed by atoms with Crippen LogP contribution in [0.5, 0.6) is 0 Å². The summed E-state index contributed by atoms with van der Waals surface area (Å²) < 4.78 is 0. The number of rotatable bonds is 2. The van der Waals surface area contributed by atoms with Gasteiger partial charge in [0.25, 0.3) is 0 Å². The maximum Gasteiger partial charge on any atom is 0.104 e. The van der Waals surface area contributed by atoms with Gasteiger partial charge in [-0.25, -0.2) is 0 Å². The van der Waals surface area contributed by atoms with Crippen LogP contribution in [0.2, 0.25) is 0 Å². The van der Waals surface area contributed by atoms with Crippen molar-refractivity contribution in [3.05, 3.63) is 77.9 Å². The Morgan fingerprint density at radius 3 is 2.26 bits per heavy atom. The van der Waals surface area contributed by atoms with Gasteiger partial charge in [-0.1, -0.05) is 48.5 Å². The minimum Gasteiger partial charge on any atom is -0.399 e. The van der Waals surface area contributed by atoms with Gasteiger partial charge in [0.2, 0.25) is 0 Å². The van der Waals surface area contributed by atoms with Gasteiger partial charge in [0.15, 0.2) is 0 Å². The van der Waals surface area contributed by atoms with Gasteiger partial charge in [0.05, 0.1) is 0 Å². The van der Waals surface area contributed by atoms with Crippen molar-refractivity contribution in [2.45, 2.75) is 6.10 Å². The van der Waals surface area contributed by atoms with E-state index in [2.05, 4.69) is 6.07 Å². The van der Waals surface area contributed by atoms with Crippen LogP contribution in [0, 0.1) is 0 Å². The Morgan fingerprint density at radius 2 is 1.47 bits per heavy atom. The molecule has 0 aliphatic carbocycles. The van der Waals surface area contributed by atoms with Gasteiger partial charge >= 0.3 is 0 Å². The number of benzene rings is 3. The van der Waals surface area contributed by atoms with Crippen LogP contribution in [-0.2, 0) is 0 Å². The number of aliphatic hydroxyl groups excluding tert-OH is 1. The summed E-state index contributed by atoms with van der Waals surface area (Å²) in [6, 6.07) is 21.5. The molecule has 2 nitrogen and oxygen atoms in total. The summed E-state index contributed by atoms with van der Waals surface area (Å²) >= 11 is 0. The summed E-state index contributed by atoms with van der Waals surface area (Å²) in [7, 11) is 0. The number of hydrogen-bond acceptors (Lipinski definition) is 2. The van der Waals surface area contributed by atoms with Crippen LogP contribution in [0.1, 0.15) is 17.2 Å². The van der Waals surface area contributed by atoms with Crippen LogP contribution in [0.4, 0.5) is 5.69 Å². The average molecular weight is 249 g/mol. The molecule has 0 aliphatic heterocycles. The Bertz CT molecular complexity index is 721. The van der Waals surface area contributed by atoms with Crippen LogP contribution in [-0.4, -0.2) is 5.11 Å². The van der Waals surface area contributed by atoms with Gasteiger partial charge in [0, 0.05) is 5.69 Å². The molecular weight excluding hydrogens is 234 g/mol. The average Bonchev–Trinajstić information content (AvgIpc) is 2.46. The largest absolute Gasteiger partial charge is 0.399 e. The molecule has 0 aromatic heterocycles. The van der Waals surface area contributed by atoms with E-state index in [4.69, 9.17) is 5.73 Å². The molecule has 0 bridgehead atoms. The van der Waals surface area contributed by atoms with Crippen molar-refractivity contribution in [3.8, 4) is 0 Å². The molecule has 0 spiro atoms. The van der Waals surface area contributed by atoms with E-state index in [1.165, 1.54) is 5.39 Å². The molecule has 3 aromatic rings. The lowest BCUT2D eigenvalue weighted by Crippen LogP contribution is -2.00. The zero-order valence-corrected chi connectivity index (χ0v) is 10.5. The van der Waals surface area contributed by atoms with Gasteiger partial charge in [-0.15, -0.1) is 0 Å². The molecule has 0 aliphatic rings. The summed E-state index contributed by atoms with van der Waals surface area (Å²) in [4.78, 5) is 0. The second-order valence-corrected chi connectivity index (χ2v) is 4.68. The van der Waals surface area contributed by atoms with Crippen LogP contribution in [0.15, 0.2) is 66.7 Å². The second-order valence-electron chi connectivity index (χ2n) is 4.68. The highest BCUT2D eigenvalue weighted by Gasteiger charge is 2.10. The van der Waals surface area contributed by atoms with Gasteiger partial charge in [-0.2, -0.15) is 0 Å². The summed E-state index contributed by atoms with van der Waals surface area (Å²) in [6.07, 6.45) is -0.645. The van der Waals surface area contributed by atoms with Crippen molar-refractivity contribution in [3.63, 3.8) is 0 Å². The number of aliphatic hydroxyl groups is 1. The van der Waals surface area contributed by atoms with Crippen molar-refractivity contribution in [2.24, 2.45) is 0 Å². The molecule has 0 fully saturated rings. The molecule has 2 heteroatoms. The number of anilines is 1. The van der Waals surface area contributed by atoms with Crippen molar-refractivity contribution < 1.29 is 5.11 Å². The molecular formula is C17H15NO. The fraction of sp³-hybridized carbons (Fsp3) is 0.0588.